The van der Waals surface area contributed by atoms with E-state index in [4.69, 9.17) is 4.52 Å². The van der Waals surface area contributed by atoms with Gasteiger partial charge in [-0.2, -0.15) is 9.71 Å². The number of nitrogens with zero attached hydrogens (tertiary/aromatic N) is 3. The van der Waals surface area contributed by atoms with E-state index < -0.39 is 16.1 Å². The van der Waals surface area contributed by atoms with Crippen molar-refractivity contribution in [2.75, 3.05) is 0 Å². The Morgan fingerprint density at radius 3 is 2.83 bits per heavy atom. The normalized spacial score (nSPS) is 13.1. The fourth-order valence-electron chi connectivity index (χ4n) is 1.90. The maximum atomic E-state index is 12.3. The van der Waals surface area contributed by atoms with Crippen LogP contribution < -0.4 is 4.72 Å². The van der Waals surface area contributed by atoms with Gasteiger partial charge in [-0.05, 0) is 43.0 Å². The summed E-state index contributed by atoms with van der Waals surface area (Å²) in [7, 11) is -3.62. The van der Waals surface area contributed by atoms with E-state index in [0.717, 1.165) is 5.56 Å². The van der Waals surface area contributed by atoms with Crippen LogP contribution in [0.25, 0.3) is 11.5 Å². The Bertz CT molecular complexity index is 903. The van der Waals surface area contributed by atoms with Crippen LogP contribution in [0.2, 0.25) is 0 Å². The lowest BCUT2D eigenvalue weighted by Gasteiger charge is -2.08. The number of hydrogen-bond acceptors (Lipinski definition) is 7. The molecule has 0 unspecified atom stereocenters. The van der Waals surface area contributed by atoms with Gasteiger partial charge in [0.05, 0.1) is 6.04 Å². The first kappa shape index (κ1) is 15.8. The molecule has 1 N–H and O–H groups in total. The summed E-state index contributed by atoms with van der Waals surface area (Å²) >= 11 is 1.17. The molecular formula is C14H14N4O3S2. The monoisotopic (exact) mass is 350 g/mol. The molecule has 23 heavy (non-hydrogen) atoms. The van der Waals surface area contributed by atoms with Crippen LogP contribution in [0, 0.1) is 6.92 Å². The van der Waals surface area contributed by atoms with Crippen molar-refractivity contribution in [2.45, 2.75) is 24.1 Å². The SMILES string of the molecule is Cc1csc(S(=O)(=O)N[C@@H](C)c2nc(-c3ccccn3)no2)c1. The van der Waals surface area contributed by atoms with Crippen molar-refractivity contribution in [3.05, 3.63) is 47.3 Å². The van der Waals surface area contributed by atoms with E-state index in [1.165, 1.54) is 11.3 Å². The molecule has 3 rings (SSSR count). The van der Waals surface area contributed by atoms with Gasteiger partial charge in [-0.15, -0.1) is 11.3 Å². The van der Waals surface area contributed by atoms with Gasteiger partial charge in [0.25, 0.3) is 10.0 Å². The average Bonchev–Trinajstić information content (AvgIpc) is 3.17. The molecule has 0 aliphatic rings. The molecule has 0 aliphatic carbocycles. The molecular weight excluding hydrogens is 336 g/mol. The van der Waals surface area contributed by atoms with Crippen molar-refractivity contribution >= 4 is 21.4 Å². The van der Waals surface area contributed by atoms with Crippen LogP contribution in [-0.2, 0) is 10.0 Å². The Morgan fingerprint density at radius 2 is 2.17 bits per heavy atom. The van der Waals surface area contributed by atoms with Crippen LogP contribution >= 0.6 is 11.3 Å². The molecule has 7 nitrogen and oxygen atoms in total. The third-order valence-electron chi connectivity index (χ3n) is 3.01. The zero-order chi connectivity index (χ0) is 16.4. The number of aromatic nitrogens is 3. The van der Waals surface area contributed by atoms with Gasteiger partial charge in [0.15, 0.2) is 0 Å². The molecule has 0 amide bonds. The molecule has 1 atom stereocenters. The van der Waals surface area contributed by atoms with Crippen molar-refractivity contribution in [1.29, 1.82) is 0 Å². The number of aryl methyl sites for hydroxylation is 1. The summed E-state index contributed by atoms with van der Waals surface area (Å²) in [5.74, 6) is 0.501. The molecule has 0 saturated carbocycles. The average molecular weight is 350 g/mol. The number of sulfonamides is 1. The molecule has 3 heterocycles. The van der Waals surface area contributed by atoms with Crippen molar-refractivity contribution in [2.24, 2.45) is 0 Å². The topological polar surface area (TPSA) is 98.0 Å². The van der Waals surface area contributed by atoms with Crippen LogP contribution in [0.3, 0.4) is 0 Å². The Hall–Kier alpha value is -2.10. The molecule has 0 aliphatic heterocycles. The summed E-state index contributed by atoms with van der Waals surface area (Å²) in [5, 5.41) is 5.62. The van der Waals surface area contributed by atoms with Crippen molar-refractivity contribution in [3.8, 4) is 11.5 Å². The third kappa shape index (κ3) is 3.46. The smallest absolute Gasteiger partial charge is 0.250 e. The fourth-order valence-corrected chi connectivity index (χ4v) is 4.34. The van der Waals surface area contributed by atoms with Crippen LogP contribution in [-0.4, -0.2) is 23.5 Å². The van der Waals surface area contributed by atoms with Crippen molar-refractivity contribution in [3.63, 3.8) is 0 Å². The molecule has 0 spiro atoms. The lowest BCUT2D eigenvalue weighted by Crippen LogP contribution is -2.26. The van der Waals surface area contributed by atoms with E-state index in [1.54, 1.807) is 36.7 Å². The van der Waals surface area contributed by atoms with E-state index in [0.29, 0.717) is 11.5 Å². The van der Waals surface area contributed by atoms with Crippen LogP contribution in [0.4, 0.5) is 0 Å². The molecule has 0 radical (unpaired) electrons. The van der Waals surface area contributed by atoms with Gasteiger partial charge in [-0.1, -0.05) is 11.2 Å². The zero-order valence-electron chi connectivity index (χ0n) is 12.4. The predicted octanol–water partition coefficient (Wildman–Crippen LogP) is 2.54. The van der Waals surface area contributed by atoms with Crippen LogP contribution in [0.15, 0.2) is 44.6 Å². The quantitative estimate of drug-likeness (QED) is 0.759. The first-order valence-electron chi connectivity index (χ1n) is 6.78. The fraction of sp³-hybridized carbons (Fsp3) is 0.214. The van der Waals surface area contributed by atoms with Gasteiger partial charge in [0.2, 0.25) is 11.7 Å². The maximum absolute atomic E-state index is 12.3. The van der Waals surface area contributed by atoms with Crippen LogP contribution in [0.1, 0.15) is 24.4 Å². The van der Waals surface area contributed by atoms with Crippen molar-refractivity contribution in [1.82, 2.24) is 19.8 Å². The summed E-state index contributed by atoms with van der Waals surface area (Å²) < 4.78 is 32.5. The van der Waals surface area contributed by atoms with E-state index in [1.807, 2.05) is 13.0 Å². The maximum Gasteiger partial charge on any atom is 0.250 e. The first-order valence-corrected chi connectivity index (χ1v) is 9.14. The minimum absolute atomic E-state index is 0.183. The Morgan fingerprint density at radius 1 is 1.35 bits per heavy atom. The second-order valence-electron chi connectivity index (χ2n) is 4.96. The summed E-state index contributed by atoms with van der Waals surface area (Å²) in [4.78, 5) is 8.32. The zero-order valence-corrected chi connectivity index (χ0v) is 14.1. The second kappa shape index (κ2) is 6.19. The number of thiophene rings is 1. The molecule has 3 aromatic heterocycles. The molecule has 9 heteroatoms. The highest BCUT2D eigenvalue weighted by atomic mass is 32.2. The highest BCUT2D eigenvalue weighted by molar-refractivity contribution is 7.91. The number of hydrogen-bond donors (Lipinski definition) is 1. The van der Waals surface area contributed by atoms with E-state index in [-0.39, 0.29) is 10.1 Å². The molecule has 0 saturated heterocycles. The number of pyridine rings is 1. The minimum atomic E-state index is -3.62. The van der Waals surface area contributed by atoms with Gasteiger partial charge in [-0.25, -0.2) is 8.42 Å². The predicted molar refractivity (Wildman–Crippen MR) is 85.3 cm³/mol. The Labute approximate surface area is 137 Å². The molecule has 0 bridgehead atoms. The standard InChI is InChI=1S/C14H14N4O3S2/c1-9-7-12(22-8-9)23(19,20)18-10(2)14-16-13(17-21-14)11-5-3-4-6-15-11/h3-8,10,18H,1-2H3/t10-/m0/s1. The highest BCUT2D eigenvalue weighted by Crippen LogP contribution is 2.22. The molecule has 3 aromatic rings. The minimum Gasteiger partial charge on any atom is -0.337 e. The Balaban J connectivity index is 1.79. The summed E-state index contributed by atoms with van der Waals surface area (Å²) in [6.07, 6.45) is 1.62. The van der Waals surface area contributed by atoms with Gasteiger partial charge in [-0.3, -0.25) is 4.98 Å². The van der Waals surface area contributed by atoms with Gasteiger partial charge < -0.3 is 4.52 Å². The number of rotatable bonds is 5. The molecule has 120 valence electrons. The summed E-state index contributed by atoms with van der Waals surface area (Å²) in [6.45, 7) is 3.49. The van der Waals surface area contributed by atoms with E-state index >= 15 is 0 Å². The van der Waals surface area contributed by atoms with Gasteiger partial charge in [0.1, 0.15) is 9.90 Å². The summed E-state index contributed by atoms with van der Waals surface area (Å²) in [6, 6.07) is 6.31. The van der Waals surface area contributed by atoms with E-state index in [2.05, 4.69) is 19.8 Å². The lowest BCUT2D eigenvalue weighted by molar-refractivity contribution is 0.354. The molecule has 0 fully saturated rings. The summed E-state index contributed by atoms with van der Waals surface area (Å²) in [5.41, 5.74) is 1.46. The van der Waals surface area contributed by atoms with Gasteiger partial charge in [0, 0.05) is 6.20 Å². The highest BCUT2D eigenvalue weighted by Gasteiger charge is 2.23. The third-order valence-corrected chi connectivity index (χ3v) is 6.11. The second-order valence-corrected chi connectivity index (χ2v) is 7.81. The largest absolute Gasteiger partial charge is 0.337 e. The first-order chi connectivity index (χ1) is 11.0. The van der Waals surface area contributed by atoms with Gasteiger partial charge >= 0.3 is 0 Å². The van der Waals surface area contributed by atoms with E-state index in [9.17, 15) is 8.42 Å². The lowest BCUT2D eigenvalue weighted by atomic mass is 10.3. The number of nitrogens with one attached hydrogen (secondary N) is 1. The molecule has 0 aromatic carbocycles. The van der Waals surface area contributed by atoms with Crippen molar-refractivity contribution < 1.29 is 12.9 Å². The van der Waals surface area contributed by atoms with Crippen LogP contribution in [0.5, 0.6) is 0 Å². The Kier molecular flexibility index (Phi) is 4.24.